The van der Waals surface area contributed by atoms with Gasteiger partial charge < -0.3 is 19.5 Å². The van der Waals surface area contributed by atoms with Crippen LogP contribution in [-0.2, 0) is 20.5 Å². The molecule has 0 bridgehead atoms. The molecule has 0 spiro atoms. The molecule has 0 fully saturated rings. The standard InChI is InChI=1S/C22H25ClF3N3O5/c1-12(18(30)28-17(20(31)32-5)29-21(2,3)4)33-14-6-8-15(9-7-14)34-19-16(23)10-13(11-27-19)22(24,25)26/h6-12,17,29H,1-5H3,(H,28,30). The molecule has 12 heteroatoms. The minimum Gasteiger partial charge on any atom is -0.481 e. The number of rotatable bonds is 8. The molecule has 186 valence electrons. The van der Waals surface area contributed by atoms with Gasteiger partial charge in [-0.1, -0.05) is 11.6 Å². The first-order valence-electron chi connectivity index (χ1n) is 10.0. The molecule has 2 N–H and O–H groups in total. The fraction of sp³-hybridized carbons (Fsp3) is 0.409. The molecule has 0 aliphatic rings. The van der Waals surface area contributed by atoms with Crippen LogP contribution in [0.4, 0.5) is 13.2 Å². The summed E-state index contributed by atoms with van der Waals surface area (Å²) in [6.07, 6.45) is -5.99. The summed E-state index contributed by atoms with van der Waals surface area (Å²) in [6.45, 7) is 6.97. The predicted molar refractivity (Wildman–Crippen MR) is 118 cm³/mol. The van der Waals surface area contributed by atoms with Gasteiger partial charge in [0.15, 0.2) is 12.3 Å². The maximum atomic E-state index is 12.7. The Kier molecular flexibility index (Phi) is 8.73. The van der Waals surface area contributed by atoms with Crippen molar-refractivity contribution < 1.29 is 37.0 Å². The van der Waals surface area contributed by atoms with Crippen molar-refractivity contribution in [2.24, 2.45) is 0 Å². The van der Waals surface area contributed by atoms with E-state index in [-0.39, 0.29) is 16.7 Å². The molecule has 0 saturated carbocycles. The zero-order valence-electron chi connectivity index (χ0n) is 19.1. The maximum Gasteiger partial charge on any atom is 0.417 e. The molecule has 1 heterocycles. The number of ether oxygens (including phenoxy) is 3. The van der Waals surface area contributed by atoms with Gasteiger partial charge in [-0.3, -0.25) is 10.1 Å². The van der Waals surface area contributed by atoms with Gasteiger partial charge in [0.1, 0.15) is 16.5 Å². The number of hydrogen-bond donors (Lipinski definition) is 2. The van der Waals surface area contributed by atoms with Gasteiger partial charge in [-0.2, -0.15) is 13.2 Å². The van der Waals surface area contributed by atoms with E-state index in [2.05, 4.69) is 15.6 Å². The van der Waals surface area contributed by atoms with Crippen molar-refractivity contribution >= 4 is 23.5 Å². The summed E-state index contributed by atoms with van der Waals surface area (Å²) in [6, 6.07) is 6.63. The van der Waals surface area contributed by atoms with Gasteiger partial charge in [0.2, 0.25) is 5.88 Å². The Morgan fingerprint density at radius 2 is 1.68 bits per heavy atom. The highest BCUT2D eigenvalue weighted by atomic mass is 35.5. The number of carbonyl (C=O) groups is 2. The molecule has 0 aliphatic carbocycles. The lowest BCUT2D eigenvalue weighted by molar-refractivity contribution is -0.147. The summed E-state index contributed by atoms with van der Waals surface area (Å²) < 4.78 is 53.9. The van der Waals surface area contributed by atoms with E-state index in [0.29, 0.717) is 11.9 Å². The Morgan fingerprint density at radius 3 is 2.18 bits per heavy atom. The lowest BCUT2D eigenvalue weighted by atomic mass is 10.1. The van der Waals surface area contributed by atoms with Crippen LogP contribution in [0, 0.1) is 0 Å². The highest BCUT2D eigenvalue weighted by Gasteiger charge is 2.32. The van der Waals surface area contributed by atoms with Crippen LogP contribution >= 0.6 is 11.6 Å². The fourth-order valence-corrected chi connectivity index (χ4v) is 2.78. The van der Waals surface area contributed by atoms with Crippen LogP contribution in [0.1, 0.15) is 33.3 Å². The maximum absolute atomic E-state index is 12.7. The normalized spacial score (nSPS) is 13.6. The zero-order valence-corrected chi connectivity index (χ0v) is 19.9. The first-order chi connectivity index (χ1) is 15.7. The Bertz CT molecular complexity index is 1010. The number of nitrogens with zero attached hydrogens (tertiary/aromatic N) is 1. The second-order valence-corrected chi connectivity index (χ2v) is 8.61. The quantitative estimate of drug-likeness (QED) is 0.409. The molecule has 0 saturated heterocycles. The summed E-state index contributed by atoms with van der Waals surface area (Å²) in [7, 11) is 1.21. The number of carbonyl (C=O) groups excluding carboxylic acids is 2. The Hall–Kier alpha value is -3.05. The van der Waals surface area contributed by atoms with Crippen LogP contribution in [0.25, 0.3) is 0 Å². The van der Waals surface area contributed by atoms with E-state index in [1.54, 1.807) is 0 Å². The second kappa shape index (κ2) is 10.9. The van der Waals surface area contributed by atoms with Crippen molar-refractivity contribution in [3.63, 3.8) is 0 Å². The van der Waals surface area contributed by atoms with Gasteiger partial charge in [-0.15, -0.1) is 0 Å². The third-order valence-corrected chi connectivity index (χ3v) is 4.43. The third kappa shape index (κ3) is 8.07. The summed E-state index contributed by atoms with van der Waals surface area (Å²) in [5, 5.41) is 5.18. The number of nitrogens with one attached hydrogen (secondary N) is 2. The van der Waals surface area contributed by atoms with Gasteiger partial charge in [0.05, 0.1) is 12.7 Å². The van der Waals surface area contributed by atoms with Crippen LogP contribution in [0.2, 0.25) is 5.02 Å². The number of aromatic nitrogens is 1. The van der Waals surface area contributed by atoms with Crippen LogP contribution in [0.5, 0.6) is 17.4 Å². The highest BCUT2D eigenvalue weighted by molar-refractivity contribution is 6.31. The van der Waals surface area contributed by atoms with Gasteiger partial charge in [-0.05, 0) is 58.0 Å². The molecule has 2 aromatic rings. The number of benzene rings is 1. The van der Waals surface area contributed by atoms with Gasteiger partial charge in [-0.25, -0.2) is 9.78 Å². The van der Waals surface area contributed by atoms with Crippen LogP contribution in [0.3, 0.4) is 0 Å². The van der Waals surface area contributed by atoms with Crippen LogP contribution in [0.15, 0.2) is 36.5 Å². The van der Waals surface area contributed by atoms with Crippen LogP contribution in [-0.4, -0.2) is 41.8 Å². The topological polar surface area (TPSA) is 98.8 Å². The Balaban J connectivity index is 2.01. The van der Waals surface area contributed by atoms with E-state index in [4.69, 9.17) is 25.8 Å². The number of methoxy groups -OCH3 is 1. The predicted octanol–water partition coefficient (Wildman–Crippen LogP) is 4.32. The molecular weight excluding hydrogens is 479 g/mol. The molecule has 8 nitrogen and oxygen atoms in total. The van der Waals surface area contributed by atoms with Crippen molar-refractivity contribution in [1.29, 1.82) is 0 Å². The van der Waals surface area contributed by atoms with Gasteiger partial charge in [0.25, 0.3) is 5.91 Å². The average molecular weight is 504 g/mol. The molecular formula is C22H25ClF3N3O5. The summed E-state index contributed by atoms with van der Waals surface area (Å²) in [5.41, 5.74) is -1.47. The molecule has 1 amide bonds. The SMILES string of the molecule is COC(=O)C(NC(=O)C(C)Oc1ccc(Oc2ncc(C(F)(F)F)cc2Cl)cc1)NC(C)(C)C. The van der Waals surface area contributed by atoms with E-state index in [0.717, 1.165) is 6.07 Å². The molecule has 1 aromatic heterocycles. The van der Waals surface area contributed by atoms with Gasteiger partial charge in [0, 0.05) is 11.7 Å². The first kappa shape index (κ1) is 27.2. The molecule has 0 aliphatic heterocycles. The van der Waals surface area contributed by atoms with Gasteiger partial charge >= 0.3 is 12.1 Å². The minimum atomic E-state index is -4.57. The van der Waals surface area contributed by atoms with Crippen molar-refractivity contribution in [3.05, 3.63) is 47.1 Å². The van der Waals surface area contributed by atoms with Crippen molar-refractivity contribution in [2.75, 3.05) is 7.11 Å². The van der Waals surface area contributed by atoms with E-state index < -0.39 is 41.4 Å². The first-order valence-corrected chi connectivity index (χ1v) is 10.4. The van der Waals surface area contributed by atoms with E-state index >= 15 is 0 Å². The number of halogens is 4. The monoisotopic (exact) mass is 503 g/mol. The smallest absolute Gasteiger partial charge is 0.417 e. The average Bonchev–Trinajstić information content (AvgIpc) is 2.73. The molecule has 1 aromatic carbocycles. The molecule has 2 atom stereocenters. The lowest BCUT2D eigenvalue weighted by Crippen LogP contribution is -2.59. The molecule has 2 unspecified atom stereocenters. The molecule has 2 rings (SSSR count). The van der Waals surface area contributed by atoms with Crippen molar-refractivity contribution in [1.82, 2.24) is 15.6 Å². The third-order valence-electron chi connectivity index (χ3n) is 4.16. The molecule has 0 radical (unpaired) electrons. The van der Waals surface area contributed by atoms with E-state index in [1.165, 1.54) is 38.3 Å². The summed E-state index contributed by atoms with van der Waals surface area (Å²) >= 11 is 5.84. The summed E-state index contributed by atoms with van der Waals surface area (Å²) in [4.78, 5) is 28.1. The van der Waals surface area contributed by atoms with Crippen molar-refractivity contribution in [2.45, 2.75) is 51.7 Å². The second-order valence-electron chi connectivity index (χ2n) is 8.20. The molecule has 34 heavy (non-hydrogen) atoms. The number of esters is 1. The Labute approximate surface area is 199 Å². The fourth-order valence-electron chi connectivity index (χ4n) is 2.58. The highest BCUT2D eigenvalue weighted by Crippen LogP contribution is 2.34. The number of amides is 1. The largest absolute Gasteiger partial charge is 0.481 e. The minimum absolute atomic E-state index is 0.198. The van der Waals surface area contributed by atoms with E-state index in [1.807, 2.05) is 20.8 Å². The van der Waals surface area contributed by atoms with E-state index in [9.17, 15) is 22.8 Å². The van der Waals surface area contributed by atoms with Crippen molar-refractivity contribution in [3.8, 4) is 17.4 Å². The van der Waals surface area contributed by atoms with Crippen LogP contribution < -0.4 is 20.1 Å². The number of hydrogen-bond acceptors (Lipinski definition) is 7. The lowest BCUT2D eigenvalue weighted by Gasteiger charge is -2.28. The Morgan fingerprint density at radius 1 is 1.09 bits per heavy atom. The number of pyridine rings is 1. The zero-order chi connectivity index (χ0) is 25.7. The summed E-state index contributed by atoms with van der Waals surface area (Å²) in [5.74, 6) is -0.879. The number of alkyl halides is 3.